The second-order valence-electron chi connectivity index (χ2n) is 11.5. The van der Waals surface area contributed by atoms with Crippen LogP contribution in [0.5, 0.6) is 5.75 Å². The number of hydrogen-bond donors (Lipinski definition) is 2. The lowest BCUT2D eigenvalue weighted by Crippen LogP contribution is -2.51. The van der Waals surface area contributed by atoms with Crippen LogP contribution in [-0.4, -0.2) is 41.2 Å². The van der Waals surface area contributed by atoms with Gasteiger partial charge in [0.15, 0.2) is 5.69 Å². The fourth-order valence-corrected chi connectivity index (χ4v) is 5.97. The van der Waals surface area contributed by atoms with E-state index in [1.165, 1.54) is 24.7 Å². The Balaban J connectivity index is 1.50. The summed E-state index contributed by atoms with van der Waals surface area (Å²) in [7, 11) is 1.28. The molecule has 0 spiro atoms. The molecule has 1 aromatic heterocycles. The van der Waals surface area contributed by atoms with Crippen molar-refractivity contribution in [3.05, 3.63) is 92.9 Å². The highest BCUT2D eigenvalue weighted by Gasteiger charge is 2.52. The summed E-state index contributed by atoms with van der Waals surface area (Å²) in [5, 5.41) is 5.71. The van der Waals surface area contributed by atoms with Gasteiger partial charge in [-0.3, -0.25) is 19.0 Å². The van der Waals surface area contributed by atoms with Crippen molar-refractivity contribution in [2.45, 2.75) is 64.8 Å². The molecule has 0 atom stereocenters. The average molecular weight is 607 g/mol. The first-order chi connectivity index (χ1) is 21.0. The molecule has 3 aromatic rings. The third-order valence-corrected chi connectivity index (χ3v) is 8.44. The van der Waals surface area contributed by atoms with Crippen LogP contribution in [0.3, 0.4) is 0 Å². The molecule has 0 unspecified atom stereocenters. The number of halogens is 1. The number of amides is 2. The molecule has 44 heavy (non-hydrogen) atoms. The molecule has 6 rings (SSSR count). The molecule has 12 heteroatoms. The highest BCUT2D eigenvalue weighted by atomic mass is 19.1. The number of nitrogens with zero attached hydrogens (tertiary/aromatic N) is 2. The summed E-state index contributed by atoms with van der Waals surface area (Å²) in [5.41, 5.74) is -0.662. The van der Waals surface area contributed by atoms with Crippen LogP contribution in [0, 0.1) is 18.2 Å². The lowest BCUT2D eigenvalue weighted by molar-refractivity contribution is -0.146. The second kappa shape index (κ2) is 12.5. The predicted molar refractivity (Wildman–Crippen MR) is 156 cm³/mol. The lowest BCUT2D eigenvalue weighted by atomic mass is 9.69. The van der Waals surface area contributed by atoms with E-state index in [0.717, 1.165) is 5.56 Å². The minimum atomic E-state index is -1.14. The van der Waals surface area contributed by atoms with E-state index in [0.29, 0.717) is 36.8 Å². The van der Waals surface area contributed by atoms with Gasteiger partial charge in [-0.25, -0.2) is 14.2 Å². The lowest BCUT2D eigenvalue weighted by Gasteiger charge is -2.41. The van der Waals surface area contributed by atoms with Gasteiger partial charge in [-0.1, -0.05) is 42.5 Å². The van der Waals surface area contributed by atoms with Gasteiger partial charge in [-0.15, -0.1) is 0 Å². The van der Waals surface area contributed by atoms with Crippen LogP contribution in [0.15, 0.2) is 53.3 Å². The molecule has 0 saturated heterocycles. The first kappa shape index (κ1) is 30.7. The number of fused-ring (bicyclic) bond motifs is 2. The number of ether oxygens (including phenoxy) is 3. The number of carbonyl (C=O) groups is 3. The quantitative estimate of drug-likeness (QED) is 0.350. The molecule has 2 aliphatic heterocycles. The molecule has 1 aliphatic carbocycles. The summed E-state index contributed by atoms with van der Waals surface area (Å²) >= 11 is 0. The van der Waals surface area contributed by atoms with Crippen LogP contribution in [0.1, 0.15) is 65.6 Å². The predicted octanol–water partition coefficient (Wildman–Crippen LogP) is 3.89. The third kappa shape index (κ3) is 6.29. The maximum absolute atomic E-state index is 13.9. The summed E-state index contributed by atoms with van der Waals surface area (Å²) < 4.78 is 31.5. The van der Waals surface area contributed by atoms with Gasteiger partial charge in [-0.2, -0.15) is 0 Å². The fourth-order valence-electron chi connectivity index (χ4n) is 5.97. The Morgan fingerprint density at radius 2 is 1.75 bits per heavy atom. The van der Waals surface area contributed by atoms with Crippen molar-refractivity contribution in [3.8, 4) is 5.75 Å². The highest BCUT2D eigenvalue weighted by Crippen LogP contribution is 2.49. The van der Waals surface area contributed by atoms with Crippen molar-refractivity contribution >= 4 is 18.0 Å². The van der Waals surface area contributed by atoms with Crippen molar-refractivity contribution in [1.82, 2.24) is 20.2 Å². The molecular formula is C32H35FN4O7. The smallest absolute Gasteiger partial charge is 0.408 e. The zero-order chi connectivity index (χ0) is 31.5. The van der Waals surface area contributed by atoms with E-state index < -0.39 is 34.5 Å². The third-order valence-electron chi connectivity index (χ3n) is 8.44. The molecule has 3 aliphatic rings. The van der Waals surface area contributed by atoms with E-state index in [-0.39, 0.29) is 49.4 Å². The first-order valence-electron chi connectivity index (χ1n) is 14.4. The molecule has 1 fully saturated rings. The highest BCUT2D eigenvalue weighted by molar-refractivity contribution is 5.94. The molecule has 232 valence electrons. The number of alkyl carbamates (subject to hydrolysis) is 1. The Bertz CT molecular complexity index is 1630. The summed E-state index contributed by atoms with van der Waals surface area (Å²) in [6.45, 7) is 3.29. The van der Waals surface area contributed by atoms with Crippen LogP contribution < -0.4 is 20.9 Å². The first-order valence-corrected chi connectivity index (χ1v) is 14.4. The molecule has 0 radical (unpaired) electrons. The van der Waals surface area contributed by atoms with Gasteiger partial charge in [0.1, 0.15) is 23.8 Å². The Morgan fingerprint density at radius 3 is 2.41 bits per heavy atom. The largest absolute Gasteiger partial charge is 0.489 e. The van der Waals surface area contributed by atoms with Crippen molar-refractivity contribution in [2.75, 3.05) is 13.7 Å². The molecule has 2 bridgehead atoms. The molecular weight excluding hydrogens is 571 g/mol. The Kier molecular flexibility index (Phi) is 8.70. The number of carbonyl (C=O) groups excluding carboxylic acids is 3. The summed E-state index contributed by atoms with van der Waals surface area (Å²) in [5.74, 6) is -1.52. The Hall–Kier alpha value is -4.74. The van der Waals surface area contributed by atoms with E-state index in [2.05, 4.69) is 15.6 Å². The molecule has 2 aromatic carbocycles. The zero-order valence-electron chi connectivity index (χ0n) is 24.9. The van der Waals surface area contributed by atoms with Crippen molar-refractivity contribution in [3.63, 3.8) is 0 Å². The van der Waals surface area contributed by atoms with Gasteiger partial charge in [0.2, 0.25) is 5.75 Å². The van der Waals surface area contributed by atoms with Crippen molar-refractivity contribution < 1.29 is 33.0 Å². The van der Waals surface area contributed by atoms with Gasteiger partial charge < -0.3 is 24.8 Å². The van der Waals surface area contributed by atoms with Gasteiger partial charge in [-0.05, 0) is 55.4 Å². The number of aryl methyl sites for hydroxylation is 1. The average Bonchev–Trinajstić information content (AvgIpc) is 3.23. The Morgan fingerprint density at radius 1 is 1.02 bits per heavy atom. The number of hydrogen-bond acceptors (Lipinski definition) is 8. The Labute approximate surface area is 253 Å². The standard InChI is InChI=1S/C32H35FN4O7/c1-20-15-23(9-10-24(20)33)16-34-27(39)25-26(42-3)28(40)37-18-31(19-44-21(2)38)11-13-32(14-12-31,29(37)35-25)36-30(41)43-17-22-7-5-4-6-8-22/h4-10,15H,11-14,16-19H2,1-3H3,(H,34,39)(H,36,41). The van der Waals surface area contributed by atoms with E-state index >= 15 is 0 Å². The summed E-state index contributed by atoms with van der Waals surface area (Å²) in [6, 6.07) is 13.7. The van der Waals surface area contributed by atoms with Gasteiger partial charge in [0, 0.05) is 25.4 Å². The van der Waals surface area contributed by atoms with Crippen LogP contribution in [0.25, 0.3) is 0 Å². The maximum atomic E-state index is 13.9. The van der Waals surface area contributed by atoms with Gasteiger partial charge in [0.05, 0.1) is 13.7 Å². The maximum Gasteiger partial charge on any atom is 0.408 e. The summed E-state index contributed by atoms with van der Waals surface area (Å²) in [4.78, 5) is 57.0. The summed E-state index contributed by atoms with van der Waals surface area (Å²) in [6.07, 6.45) is 1.05. The molecule has 2 N–H and O–H groups in total. The number of aromatic nitrogens is 2. The van der Waals surface area contributed by atoms with Crippen LogP contribution in [0.4, 0.5) is 9.18 Å². The van der Waals surface area contributed by atoms with Crippen LogP contribution in [-0.2, 0) is 39.5 Å². The van der Waals surface area contributed by atoms with Gasteiger partial charge >= 0.3 is 12.1 Å². The SMILES string of the molecule is COc1c(C(=O)NCc2ccc(F)c(C)c2)nc2n(c1=O)CC1(COC(C)=O)CCC2(NC(=O)OCc2ccccc2)CC1. The zero-order valence-corrected chi connectivity index (χ0v) is 24.9. The van der Waals surface area contributed by atoms with Gasteiger partial charge in [0.25, 0.3) is 11.5 Å². The number of methoxy groups -OCH3 is 1. The molecule has 11 nitrogen and oxygen atoms in total. The number of nitrogens with one attached hydrogen (secondary N) is 2. The number of benzene rings is 2. The fraction of sp³-hybridized carbons (Fsp3) is 0.406. The van der Waals surface area contributed by atoms with E-state index in [1.807, 2.05) is 30.3 Å². The van der Waals surface area contributed by atoms with Crippen LogP contribution >= 0.6 is 0 Å². The van der Waals surface area contributed by atoms with Crippen molar-refractivity contribution in [2.24, 2.45) is 5.41 Å². The monoisotopic (exact) mass is 606 g/mol. The van der Waals surface area contributed by atoms with Crippen molar-refractivity contribution in [1.29, 1.82) is 0 Å². The minimum absolute atomic E-state index is 0.0402. The molecule has 2 amide bonds. The van der Waals surface area contributed by atoms with E-state index in [4.69, 9.17) is 14.2 Å². The minimum Gasteiger partial charge on any atom is -0.489 e. The van der Waals surface area contributed by atoms with E-state index in [9.17, 15) is 23.6 Å². The molecule has 3 heterocycles. The topological polar surface area (TPSA) is 138 Å². The second-order valence-corrected chi connectivity index (χ2v) is 11.5. The molecule has 1 saturated carbocycles. The normalized spacial score (nSPS) is 20.2. The number of esters is 1. The van der Waals surface area contributed by atoms with Crippen LogP contribution in [0.2, 0.25) is 0 Å². The van der Waals surface area contributed by atoms with E-state index in [1.54, 1.807) is 19.1 Å². The number of rotatable bonds is 9.